The maximum absolute atomic E-state index is 5.48. The molecule has 1 aromatic heterocycles. The van der Waals surface area contributed by atoms with E-state index in [4.69, 9.17) is 4.74 Å². The second-order valence-electron chi connectivity index (χ2n) is 7.69. The van der Waals surface area contributed by atoms with Gasteiger partial charge in [-0.2, -0.15) is 0 Å². The lowest BCUT2D eigenvalue weighted by molar-refractivity contribution is -0.00835. The zero-order valence-corrected chi connectivity index (χ0v) is 17.1. The maximum atomic E-state index is 5.48. The van der Waals surface area contributed by atoms with E-state index in [2.05, 4.69) is 56.8 Å². The van der Waals surface area contributed by atoms with Crippen LogP contribution in [0.2, 0.25) is 0 Å². The number of hydrogen-bond acceptors (Lipinski definition) is 5. The van der Waals surface area contributed by atoms with Crippen molar-refractivity contribution < 1.29 is 4.74 Å². The lowest BCUT2D eigenvalue weighted by Crippen LogP contribution is -2.57. The van der Waals surface area contributed by atoms with E-state index in [1.807, 2.05) is 18.4 Å². The fourth-order valence-corrected chi connectivity index (χ4v) is 4.45. The molecule has 3 rings (SSSR count). The van der Waals surface area contributed by atoms with Crippen molar-refractivity contribution in [3.05, 3.63) is 17.5 Å². The molecule has 0 unspecified atom stereocenters. The molecule has 2 aliphatic rings. The van der Waals surface area contributed by atoms with E-state index < -0.39 is 0 Å². The number of guanidine groups is 1. The molecule has 146 valence electrons. The molecule has 3 heterocycles. The maximum Gasteiger partial charge on any atom is 0.191 e. The van der Waals surface area contributed by atoms with Crippen LogP contribution >= 0.6 is 11.3 Å². The summed E-state index contributed by atoms with van der Waals surface area (Å²) in [4.78, 5) is 9.42. The standard InChI is InChI=1S/C19H33N5OS/c1-19(2,24-10-12-25-13-11-24)15-21-18(20-3)22-16-6-8-23(9-7-16)17-5-4-14-26-17/h4-5,14,16H,6-13,15H2,1-3H3,(H2,20,21,22). The van der Waals surface area contributed by atoms with Crippen molar-refractivity contribution >= 4 is 22.3 Å². The van der Waals surface area contributed by atoms with Crippen LogP contribution in [0.5, 0.6) is 0 Å². The Hall–Kier alpha value is -1.31. The van der Waals surface area contributed by atoms with Gasteiger partial charge in [0.25, 0.3) is 0 Å². The molecule has 0 saturated carbocycles. The van der Waals surface area contributed by atoms with Crippen molar-refractivity contribution in [3.63, 3.8) is 0 Å². The monoisotopic (exact) mass is 379 g/mol. The summed E-state index contributed by atoms with van der Waals surface area (Å²) >= 11 is 1.83. The normalized spacial score (nSPS) is 21.0. The first-order valence-corrected chi connectivity index (χ1v) is 10.5. The van der Waals surface area contributed by atoms with Crippen LogP contribution in [-0.2, 0) is 4.74 Å². The summed E-state index contributed by atoms with van der Waals surface area (Å²) in [6, 6.07) is 4.84. The highest BCUT2D eigenvalue weighted by molar-refractivity contribution is 7.14. The van der Waals surface area contributed by atoms with Crippen LogP contribution in [0.1, 0.15) is 26.7 Å². The highest BCUT2D eigenvalue weighted by Gasteiger charge is 2.28. The van der Waals surface area contributed by atoms with E-state index in [1.165, 1.54) is 5.00 Å². The van der Waals surface area contributed by atoms with Gasteiger partial charge in [0.1, 0.15) is 0 Å². The highest BCUT2D eigenvalue weighted by atomic mass is 32.1. The van der Waals surface area contributed by atoms with Crippen LogP contribution in [0.3, 0.4) is 0 Å². The summed E-state index contributed by atoms with van der Waals surface area (Å²) < 4.78 is 5.48. The Balaban J connectivity index is 1.43. The SMILES string of the molecule is CN=C(NCC(C)(C)N1CCOCC1)NC1CCN(c2cccs2)CC1. The molecule has 0 aliphatic carbocycles. The van der Waals surface area contributed by atoms with Gasteiger partial charge >= 0.3 is 0 Å². The molecule has 0 spiro atoms. The van der Waals surface area contributed by atoms with Crippen molar-refractivity contribution in [2.75, 3.05) is 57.9 Å². The smallest absolute Gasteiger partial charge is 0.191 e. The average Bonchev–Trinajstić information content (AvgIpc) is 3.21. The van der Waals surface area contributed by atoms with Crippen LogP contribution in [0.25, 0.3) is 0 Å². The molecule has 0 atom stereocenters. The number of morpholine rings is 1. The molecule has 2 N–H and O–H groups in total. The summed E-state index contributed by atoms with van der Waals surface area (Å²) in [6.07, 6.45) is 2.29. The first-order chi connectivity index (χ1) is 12.6. The molecule has 2 saturated heterocycles. The van der Waals surface area contributed by atoms with Gasteiger partial charge in [0.2, 0.25) is 0 Å². The quantitative estimate of drug-likeness (QED) is 0.605. The molecular formula is C19H33N5OS. The van der Waals surface area contributed by atoms with Gasteiger partial charge in [-0.1, -0.05) is 0 Å². The zero-order chi connectivity index (χ0) is 18.4. The van der Waals surface area contributed by atoms with E-state index in [9.17, 15) is 0 Å². The number of anilines is 1. The molecule has 7 heteroatoms. The lowest BCUT2D eigenvalue weighted by Gasteiger charge is -2.41. The van der Waals surface area contributed by atoms with Gasteiger partial charge in [0.05, 0.1) is 18.2 Å². The van der Waals surface area contributed by atoms with Gasteiger partial charge in [0, 0.05) is 51.4 Å². The van der Waals surface area contributed by atoms with Gasteiger partial charge in [-0.05, 0) is 44.2 Å². The zero-order valence-electron chi connectivity index (χ0n) is 16.3. The molecular weight excluding hydrogens is 346 g/mol. The summed E-state index contributed by atoms with van der Waals surface area (Å²) in [5.41, 5.74) is 0.0872. The summed E-state index contributed by atoms with van der Waals surface area (Å²) in [6.45, 7) is 11.3. The van der Waals surface area contributed by atoms with Gasteiger partial charge in [-0.3, -0.25) is 9.89 Å². The minimum atomic E-state index is 0.0872. The predicted molar refractivity (Wildman–Crippen MR) is 111 cm³/mol. The third-order valence-corrected chi connectivity index (χ3v) is 6.36. The Morgan fingerprint density at radius 3 is 2.62 bits per heavy atom. The number of piperidine rings is 1. The second kappa shape index (κ2) is 9.06. The largest absolute Gasteiger partial charge is 0.379 e. The molecule has 2 aliphatic heterocycles. The van der Waals surface area contributed by atoms with E-state index in [0.717, 1.165) is 64.7 Å². The van der Waals surface area contributed by atoms with Crippen molar-refractivity contribution in [2.24, 2.45) is 4.99 Å². The third kappa shape index (κ3) is 5.11. The number of thiophene rings is 1. The van der Waals surface area contributed by atoms with Crippen LogP contribution < -0.4 is 15.5 Å². The van der Waals surface area contributed by atoms with E-state index in [1.54, 1.807) is 0 Å². The van der Waals surface area contributed by atoms with E-state index >= 15 is 0 Å². The second-order valence-corrected chi connectivity index (χ2v) is 8.62. The van der Waals surface area contributed by atoms with Crippen molar-refractivity contribution in [1.82, 2.24) is 15.5 Å². The number of ether oxygens (including phenoxy) is 1. The predicted octanol–water partition coefficient (Wildman–Crippen LogP) is 1.99. The highest BCUT2D eigenvalue weighted by Crippen LogP contribution is 2.24. The Kier molecular flexibility index (Phi) is 6.78. The van der Waals surface area contributed by atoms with Crippen LogP contribution in [0.4, 0.5) is 5.00 Å². The van der Waals surface area contributed by atoms with Crippen LogP contribution in [-0.4, -0.2) is 75.4 Å². The Bertz CT molecular complexity index is 560. The van der Waals surface area contributed by atoms with Crippen LogP contribution in [0.15, 0.2) is 22.5 Å². The molecule has 1 aromatic rings. The summed E-state index contributed by atoms with van der Waals surface area (Å²) in [5, 5.41) is 10.7. The number of nitrogens with zero attached hydrogens (tertiary/aromatic N) is 3. The van der Waals surface area contributed by atoms with Crippen molar-refractivity contribution in [1.29, 1.82) is 0 Å². The van der Waals surface area contributed by atoms with Gasteiger partial charge in [-0.25, -0.2) is 0 Å². The first-order valence-electron chi connectivity index (χ1n) is 9.67. The minimum absolute atomic E-state index is 0.0872. The Morgan fingerprint density at radius 1 is 1.27 bits per heavy atom. The summed E-state index contributed by atoms with van der Waals surface area (Å²) in [5.74, 6) is 0.918. The van der Waals surface area contributed by atoms with E-state index in [0.29, 0.717) is 6.04 Å². The van der Waals surface area contributed by atoms with Gasteiger partial charge in [0.15, 0.2) is 5.96 Å². The Labute approximate surface area is 161 Å². The third-order valence-electron chi connectivity index (χ3n) is 5.43. The molecule has 6 nitrogen and oxygen atoms in total. The minimum Gasteiger partial charge on any atom is -0.379 e. The first kappa shape index (κ1) is 19.5. The number of aliphatic imine (C=N–C) groups is 1. The fourth-order valence-electron chi connectivity index (χ4n) is 3.66. The van der Waals surface area contributed by atoms with Crippen LogP contribution in [0, 0.1) is 0 Å². The fraction of sp³-hybridized carbons (Fsp3) is 0.737. The Morgan fingerprint density at radius 2 is 2.00 bits per heavy atom. The number of rotatable bonds is 5. The molecule has 0 amide bonds. The molecule has 2 fully saturated rings. The topological polar surface area (TPSA) is 52.1 Å². The summed E-state index contributed by atoms with van der Waals surface area (Å²) in [7, 11) is 1.86. The number of nitrogens with one attached hydrogen (secondary N) is 2. The molecule has 0 radical (unpaired) electrons. The molecule has 0 aromatic carbocycles. The number of hydrogen-bond donors (Lipinski definition) is 2. The van der Waals surface area contributed by atoms with Crippen molar-refractivity contribution in [2.45, 2.75) is 38.3 Å². The van der Waals surface area contributed by atoms with Gasteiger partial charge < -0.3 is 20.3 Å². The molecule has 0 bridgehead atoms. The molecule has 26 heavy (non-hydrogen) atoms. The van der Waals surface area contributed by atoms with E-state index in [-0.39, 0.29) is 5.54 Å². The van der Waals surface area contributed by atoms with Gasteiger partial charge in [-0.15, -0.1) is 11.3 Å². The lowest BCUT2D eigenvalue weighted by atomic mass is 10.0. The van der Waals surface area contributed by atoms with Crippen molar-refractivity contribution in [3.8, 4) is 0 Å². The average molecular weight is 380 g/mol.